The number of carbonyl (C=O) groups is 3. The predicted molar refractivity (Wildman–Crippen MR) is 116 cm³/mol. The van der Waals surface area contributed by atoms with Gasteiger partial charge in [-0.15, -0.1) is 11.3 Å². The number of furan rings is 1. The zero-order valence-corrected chi connectivity index (χ0v) is 17.4. The number of carbonyl (C=O) groups excluding carboxylic acids is 3. The van der Waals surface area contributed by atoms with Crippen molar-refractivity contribution in [3.8, 4) is 0 Å². The molecule has 3 aromatic rings. The highest BCUT2D eigenvalue weighted by molar-refractivity contribution is 7.10. The first-order valence-corrected chi connectivity index (χ1v) is 10.6. The van der Waals surface area contributed by atoms with Crippen LogP contribution >= 0.6 is 11.3 Å². The Kier molecular flexibility index (Phi) is 5.88. The van der Waals surface area contributed by atoms with Crippen molar-refractivity contribution in [1.29, 1.82) is 0 Å². The first kappa shape index (κ1) is 20.8. The molecule has 3 heterocycles. The van der Waals surface area contributed by atoms with Gasteiger partial charge in [0.05, 0.1) is 19.1 Å². The van der Waals surface area contributed by atoms with Gasteiger partial charge in [0.25, 0.3) is 0 Å². The van der Waals surface area contributed by atoms with Crippen LogP contribution in [-0.2, 0) is 20.0 Å². The Hall–Kier alpha value is -3.43. The average molecular weight is 439 g/mol. The summed E-state index contributed by atoms with van der Waals surface area (Å²) in [6.45, 7) is 0.424. The van der Waals surface area contributed by atoms with Gasteiger partial charge in [-0.05, 0) is 42.1 Å². The summed E-state index contributed by atoms with van der Waals surface area (Å²) in [4.78, 5) is 39.0. The first-order valence-electron chi connectivity index (χ1n) is 9.76. The molecule has 1 aliphatic heterocycles. The summed E-state index contributed by atoms with van der Waals surface area (Å²) in [5.41, 5.74) is 0.0275. The maximum absolute atomic E-state index is 12.4. The third kappa shape index (κ3) is 4.37. The van der Waals surface area contributed by atoms with E-state index in [1.165, 1.54) is 23.9 Å². The van der Waals surface area contributed by atoms with E-state index in [0.717, 1.165) is 6.42 Å². The Labute approximate surface area is 182 Å². The summed E-state index contributed by atoms with van der Waals surface area (Å²) in [5, 5.41) is 18.0. The lowest BCUT2D eigenvalue weighted by Crippen LogP contribution is -2.44. The highest BCUT2D eigenvalue weighted by atomic mass is 32.1. The van der Waals surface area contributed by atoms with Gasteiger partial charge in [0.15, 0.2) is 0 Å². The molecule has 9 heteroatoms. The minimum atomic E-state index is -1.52. The number of amides is 3. The van der Waals surface area contributed by atoms with E-state index in [2.05, 4.69) is 10.6 Å². The van der Waals surface area contributed by atoms with Crippen molar-refractivity contribution in [2.75, 3.05) is 23.3 Å². The molecule has 1 fully saturated rings. The number of hydrogen-bond donors (Lipinski definition) is 3. The number of nitrogens with one attached hydrogen (secondary N) is 2. The second-order valence-corrected chi connectivity index (χ2v) is 8.13. The van der Waals surface area contributed by atoms with Crippen molar-refractivity contribution in [2.24, 2.45) is 0 Å². The molecule has 31 heavy (non-hydrogen) atoms. The summed E-state index contributed by atoms with van der Waals surface area (Å²) < 4.78 is 5.08. The Morgan fingerprint density at radius 2 is 2.06 bits per heavy atom. The van der Waals surface area contributed by atoms with Gasteiger partial charge in [0.1, 0.15) is 5.60 Å². The van der Waals surface area contributed by atoms with E-state index in [1.54, 1.807) is 47.4 Å². The van der Waals surface area contributed by atoms with Crippen molar-refractivity contribution in [3.05, 3.63) is 70.8 Å². The molecule has 3 N–H and O–H groups in total. The Bertz CT molecular complexity index is 1040. The smallest absolute Gasteiger partial charge is 0.313 e. The van der Waals surface area contributed by atoms with Gasteiger partial charge in [0.2, 0.25) is 5.91 Å². The van der Waals surface area contributed by atoms with E-state index in [9.17, 15) is 19.5 Å². The molecular weight excluding hydrogens is 418 g/mol. The molecule has 0 saturated carbocycles. The molecule has 4 rings (SSSR count). The molecule has 0 unspecified atom stereocenters. The van der Waals surface area contributed by atoms with Crippen LogP contribution in [0.25, 0.3) is 0 Å². The third-order valence-corrected chi connectivity index (χ3v) is 6.15. The van der Waals surface area contributed by atoms with Gasteiger partial charge in [-0.1, -0.05) is 12.1 Å². The molecular formula is C22H21N3O5S. The zero-order valence-electron chi connectivity index (χ0n) is 16.5. The number of anilines is 2. The van der Waals surface area contributed by atoms with Crippen molar-refractivity contribution < 1.29 is 23.9 Å². The van der Waals surface area contributed by atoms with Crippen molar-refractivity contribution in [2.45, 2.75) is 18.4 Å². The monoisotopic (exact) mass is 439 g/mol. The number of nitrogens with zero attached hydrogens (tertiary/aromatic N) is 1. The molecule has 160 valence electrons. The third-order valence-electron chi connectivity index (χ3n) is 5.13. The molecule has 1 aliphatic rings. The minimum Gasteiger partial charge on any atom is -0.472 e. The molecule has 0 aliphatic carbocycles. The quantitative estimate of drug-likeness (QED) is 0.511. The molecule has 1 saturated heterocycles. The van der Waals surface area contributed by atoms with Gasteiger partial charge in [0, 0.05) is 34.8 Å². The van der Waals surface area contributed by atoms with Crippen molar-refractivity contribution in [1.82, 2.24) is 5.32 Å². The van der Waals surface area contributed by atoms with Crippen molar-refractivity contribution in [3.63, 3.8) is 0 Å². The summed E-state index contributed by atoms with van der Waals surface area (Å²) in [6, 6.07) is 11.9. The van der Waals surface area contributed by atoms with Crippen LogP contribution in [0.5, 0.6) is 0 Å². The number of hydrogen-bond acceptors (Lipinski definition) is 6. The standard InChI is InChI=1S/C22H21N3O5S/c26-19-7-2-9-25(19)17-5-1-4-16(12-17)24-21(28)20(27)23-14-22(29,15-8-10-30-13-15)18-6-3-11-31-18/h1,3-6,8,10-13,29H,2,7,9,14H2,(H,23,27)(H,24,28)/t22-/m0/s1. The van der Waals surface area contributed by atoms with E-state index in [1.807, 2.05) is 5.38 Å². The normalized spacial score (nSPS) is 15.5. The maximum atomic E-state index is 12.4. The lowest BCUT2D eigenvalue weighted by atomic mass is 9.94. The zero-order chi connectivity index (χ0) is 21.8. The molecule has 3 amide bonds. The van der Waals surface area contributed by atoms with Crippen LogP contribution in [0.15, 0.2) is 64.8 Å². The second-order valence-electron chi connectivity index (χ2n) is 7.19. The fourth-order valence-corrected chi connectivity index (χ4v) is 4.34. The molecule has 1 atom stereocenters. The van der Waals surface area contributed by atoms with Gasteiger partial charge in [-0.2, -0.15) is 0 Å². The minimum absolute atomic E-state index is 0.0355. The van der Waals surface area contributed by atoms with Gasteiger partial charge in [-0.3, -0.25) is 14.4 Å². The predicted octanol–water partition coefficient (Wildman–Crippen LogP) is 2.46. The van der Waals surface area contributed by atoms with Gasteiger partial charge in [-0.25, -0.2) is 0 Å². The van der Waals surface area contributed by atoms with Crippen LogP contribution in [0.4, 0.5) is 11.4 Å². The summed E-state index contributed by atoms with van der Waals surface area (Å²) in [5.74, 6) is -1.72. The molecule has 0 radical (unpaired) electrons. The Morgan fingerprint density at radius 1 is 1.19 bits per heavy atom. The number of aliphatic hydroxyl groups is 1. The van der Waals surface area contributed by atoms with E-state index < -0.39 is 17.4 Å². The molecule has 8 nitrogen and oxygen atoms in total. The van der Waals surface area contributed by atoms with Crippen molar-refractivity contribution >= 4 is 40.4 Å². The molecule has 0 bridgehead atoms. The highest BCUT2D eigenvalue weighted by Crippen LogP contribution is 2.32. The lowest BCUT2D eigenvalue weighted by molar-refractivity contribution is -0.136. The fraction of sp³-hybridized carbons (Fsp3) is 0.227. The highest BCUT2D eigenvalue weighted by Gasteiger charge is 2.35. The van der Waals surface area contributed by atoms with E-state index in [0.29, 0.717) is 34.8 Å². The number of benzene rings is 1. The Balaban J connectivity index is 1.42. The average Bonchev–Trinajstić information content (AvgIpc) is 3.54. The van der Waals surface area contributed by atoms with Gasteiger partial charge >= 0.3 is 11.8 Å². The van der Waals surface area contributed by atoms with Crippen LogP contribution in [0.2, 0.25) is 0 Å². The van der Waals surface area contributed by atoms with E-state index in [-0.39, 0.29) is 12.5 Å². The van der Waals surface area contributed by atoms with E-state index >= 15 is 0 Å². The maximum Gasteiger partial charge on any atom is 0.313 e. The van der Waals surface area contributed by atoms with Gasteiger partial charge < -0.3 is 25.1 Å². The molecule has 1 aromatic carbocycles. The summed E-state index contributed by atoms with van der Waals surface area (Å²) in [7, 11) is 0. The SMILES string of the molecule is O=C(NC[C@](O)(c1ccoc1)c1cccs1)C(=O)Nc1cccc(N2CCCC2=O)c1. The van der Waals surface area contributed by atoms with Crippen LogP contribution in [-0.4, -0.2) is 35.9 Å². The van der Waals surface area contributed by atoms with E-state index in [4.69, 9.17) is 4.42 Å². The van der Waals surface area contributed by atoms with Crippen LogP contribution in [0.3, 0.4) is 0 Å². The summed E-state index contributed by atoms with van der Waals surface area (Å²) >= 11 is 1.33. The summed E-state index contributed by atoms with van der Waals surface area (Å²) in [6.07, 6.45) is 4.13. The number of rotatable bonds is 6. The molecule has 2 aromatic heterocycles. The molecule has 0 spiro atoms. The number of thiophene rings is 1. The second kappa shape index (κ2) is 8.75. The first-order chi connectivity index (χ1) is 15.0. The largest absolute Gasteiger partial charge is 0.472 e. The van der Waals surface area contributed by atoms with Crippen LogP contribution < -0.4 is 15.5 Å². The Morgan fingerprint density at radius 3 is 2.74 bits per heavy atom. The van der Waals surface area contributed by atoms with Crippen LogP contribution in [0, 0.1) is 0 Å². The van der Waals surface area contributed by atoms with Crippen LogP contribution in [0.1, 0.15) is 23.3 Å². The topological polar surface area (TPSA) is 112 Å². The lowest BCUT2D eigenvalue weighted by Gasteiger charge is -2.26. The fourth-order valence-electron chi connectivity index (χ4n) is 3.49.